The van der Waals surface area contributed by atoms with Crippen LogP contribution in [0.1, 0.15) is 49.1 Å². The number of anilines is 2. The number of aromatic nitrogens is 3. The summed E-state index contributed by atoms with van der Waals surface area (Å²) in [6, 6.07) is 4.49. The number of aliphatic hydroxyl groups is 1. The number of nitrogen functional groups attached to an aromatic ring is 1. The fourth-order valence-electron chi connectivity index (χ4n) is 3.36. The van der Waals surface area contributed by atoms with E-state index in [1.807, 2.05) is 0 Å². The summed E-state index contributed by atoms with van der Waals surface area (Å²) in [5.74, 6) is 0.170. The first kappa shape index (κ1) is 20.8. The number of alkyl halides is 3. The molecule has 0 spiro atoms. The van der Waals surface area contributed by atoms with Crippen molar-refractivity contribution in [3.05, 3.63) is 29.3 Å². The van der Waals surface area contributed by atoms with Gasteiger partial charge in [-0.25, -0.2) is 4.98 Å². The van der Waals surface area contributed by atoms with Crippen LogP contribution in [0, 0.1) is 0 Å². The average Bonchev–Trinajstić information content (AvgIpc) is 3.44. The highest BCUT2D eigenvalue weighted by molar-refractivity contribution is 7.18. The molecule has 1 aliphatic carbocycles. The number of unbranched alkanes of at least 4 members (excludes halogenated alkanes) is 2. The van der Waals surface area contributed by atoms with E-state index in [4.69, 9.17) is 10.8 Å². The zero-order chi connectivity index (χ0) is 21.3. The minimum absolute atomic E-state index is 0.157. The van der Waals surface area contributed by atoms with Crippen LogP contribution in [0.15, 0.2) is 18.2 Å². The number of rotatable bonds is 8. The molecular weight excluding hydrogens is 415 g/mol. The molecule has 1 aromatic carbocycles. The summed E-state index contributed by atoms with van der Waals surface area (Å²) in [4.78, 5) is 4.28. The van der Waals surface area contributed by atoms with Crippen LogP contribution < -0.4 is 11.1 Å². The van der Waals surface area contributed by atoms with Crippen molar-refractivity contribution in [3.8, 4) is 10.7 Å². The monoisotopic (exact) mass is 437 g/mol. The first-order valence-electron chi connectivity index (χ1n) is 9.87. The highest BCUT2D eigenvalue weighted by atomic mass is 32.1. The van der Waals surface area contributed by atoms with Gasteiger partial charge in [-0.05, 0) is 61.8 Å². The lowest BCUT2D eigenvalue weighted by molar-refractivity contribution is -0.136. The van der Waals surface area contributed by atoms with Crippen molar-refractivity contribution in [1.82, 2.24) is 15.2 Å². The molecular formula is C20H22F3N5OS. The molecule has 160 valence electrons. The predicted octanol–water partition coefficient (Wildman–Crippen LogP) is 4.81. The fraction of sp³-hybridized carbons (Fsp3) is 0.450. The number of hydrogen-bond acceptors (Lipinski definition) is 7. The molecule has 0 atom stereocenters. The third kappa shape index (κ3) is 4.49. The van der Waals surface area contributed by atoms with Gasteiger partial charge in [-0.1, -0.05) is 11.3 Å². The van der Waals surface area contributed by atoms with Crippen LogP contribution in [0.3, 0.4) is 0 Å². The third-order valence-corrected chi connectivity index (χ3v) is 5.98. The smallest absolute Gasteiger partial charge is 0.398 e. The van der Waals surface area contributed by atoms with Gasteiger partial charge in [-0.15, -0.1) is 10.2 Å². The van der Waals surface area contributed by atoms with Gasteiger partial charge in [0.05, 0.1) is 11.1 Å². The van der Waals surface area contributed by atoms with E-state index in [0.717, 1.165) is 32.1 Å². The van der Waals surface area contributed by atoms with E-state index < -0.39 is 11.7 Å². The maximum absolute atomic E-state index is 13.7. The number of nitrogens with one attached hydrogen (secondary N) is 1. The number of benzene rings is 1. The van der Waals surface area contributed by atoms with Crippen molar-refractivity contribution in [2.24, 2.45) is 0 Å². The number of nitrogens with zero attached hydrogens (tertiary/aromatic N) is 3. The lowest BCUT2D eigenvalue weighted by atomic mass is 10.0. The normalized spacial score (nSPS) is 14.4. The largest absolute Gasteiger partial charge is 0.418 e. The van der Waals surface area contributed by atoms with Gasteiger partial charge in [0.15, 0.2) is 5.01 Å². The molecule has 0 radical (unpaired) electrons. The molecule has 0 saturated heterocycles. The van der Waals surface area contributed by atoms with E-state index >= 15 is 0 Å². The van der Waals surface area contributed by atoms with Crippen LogP contribution in [0.4, 0.5) is 24.0 Å². The van der Waals surface area contributed by atoms with Gasteiger partial charge in [0.2, 0.25) is 5.13 Å². The maximum atomic E-state index is 13.7. The number of fused-ring (bicyclic) bond motifs is 1. The second-order valence-electron chi connectivity index (χ2n) is 7.46. The topological polar surface area (TPSA) is 97.0 Å². The molecule has 1 saturated carbocycles. The van der Waals surface area contributed by atoms with E-state index in [-0.39, 0.29) is 29.4 Å². The molecule has 1 fully saturated rings. The molecule has 30 heavy (non-hydrogen) atoms. The Morgan fingerprint density at radius 1 is 1.13 bits per heavy atom. The third-order valence-electron chi connectivity index (χ3n) is 5.08. The number of pyridine rings is 1. The van der Waals surface area contributed by atoms with E-state index in [1.165, 1.54) is 17.4 Å². The van der Waals surface area contributed by atoms with Crippen molar-refractivity contribution in [2.75, 3.05) is 24.2 Å². The Hall–Kier alpha value is -2.46. The minimum atomic E-state index is -4.52. The quantitative estimate of drug-likeness (QED) is 0.438. The number of hydrogen-bond donors (Lipinski definition) is 3. The van der Waals surface area contributed by atoms with Crippen molar-refractivity contribution < 1.29 is 18.3 Å². The second-order valence-corrected chi connectivity index (χ2v) is 8.43. The summed E-state index contributed by atoms with van der Waals surface area (Å²) in [5, 5.41) is 21.3. The van der Waals surface area contributed by atoms with Crippen molar-refractivity contribution >= 4 is 33.1 Å². The summed E-state index contributed by atoms with van der Waals surface area (Å²) in [6.07, 6.45) is -0.226. The summed E-state index contributed by atoms with van der Waals surface area (Å²) in [6.45, 7) is 0.837. The molecule has 3 aromatic rings. The van der Waals surface area contributed by atoms with Gasteiger partial charge in [0.25, 0.3) is 0 Å². The Morgan fingerprint density at radius 3 is 2.63 bits per heavy atom. The van der Waals surface area contributed by atoms with Crippen molar-refractivity contribution in [2.45, 2.75) is 44.2 Å². The maximum Gasteiger partial charge on any atom is 0.418 e. The highest BCUT2D eigenvalue weighted by Gasteiger charge is 2.36. The number of nitrogens with two attached hydrogens (primary N) is 1. The average molecular weight is 437 g/mol. The molecule has 0 bridgehead atoms. The molecule has 10 heteroatoms. The molecule has 2 aromatic heterocycles. The Morgan fingerprint density at radius 2 is 1.93 bits per heavy atom. The van der Waals surface area contributed by atoms with Gasteiger partial charge in [-0.3, -0.25) is 0 Å². The second kappa shape index (κ2) is 8.35. The minimum Gasteiger partial charge on any atom is -0.398 e. The van der Waals surface area contributed by atoms with E-state index in [1.54, 1.807) is 12.1 Å². The van der Waals surface area contributed by atoms with Crippen LogP contribution >= 0.6 is 11.3 Å². The van der Waals surface area contributed by atoms with E-state index in [9.17, 15) is 13.2 Å². The van der Waals surface area contributed by atoms with Gasteiger partial charge < -0.3 is 16.2 Å². The lowest BCUT2D eigenvalue weighted by Crippen LogP contribution is -2.09. The predicted molar refractivity (Wildman–Crippen MR) is 111 cm³/mol. The Labute approximate surface area is 175 Å². The Balaban J connectivity index is 1.65. The summed E-state index contributed by atoms with van der Waals surface area (Å²) in [5.41, 5.74) is 6.41. The molecule has 0 aliphatic heterocycles. The van der Waals surface area contributed by atoms with Gasteiger partial charge >= 0.3 is 6.18 Å². The van der Waals surface area contributed by atoms with E-state index in [0.29, 0.717) is 27.6 Å². The molecule has 6 nitrogen and oxygen atoms in total. The molecule has 4 N–H and O–H groups in total. The zero-order valence-corrected chi connectivity index (χ0v) is 17.0. The zero-order valence-electron chi connectivity index (χ0n) is 16.2. The van der Waals surface area contributed by atoms with Gasteiger partial charge in [-0.2, -0.15) is 13.2 Å². The number of aliphatic hydroxyl groups excluding tert-OH is 1. The molecule has 1 aliphatic rings. The first-order valence-corrected chi connectivity index (χ1v) is 10.7. The van der Waals surface area contributed by atoms with Crippen LogP contribution in [0.2, 0.25) is 0 Å². The summed E-state index contributed by atoms with van der Waals surface area (Å²) >= 11 is 1.22. The standard InChI is InChI=1S/C20H22F3N5OS/c21-20(22,23)14-9-12(11-4-5-11)8-13-15(24)10-16(26-17(13)14)18-27-28-19(30-18)25-6-2-1-3-7-29/h8-11,29H,1-7H2,(H2,24,26)(H,25,28). The van der Waals surface area contributed by atoms with Crippen molar-refractivity contribution in [3.63, 3.8) is 0 Å². The highest BCUT2D eigenvalue weighted by Crippen LogP contribution is 2.45. The van der Waals surface area contributed by atoms with Crippen LogP contribution in [0.25, 0.3) is 21.6 Å². The fourth-order valence-corrected chi connectivity index (χ4v) is 4.09. The molecule has 0 amide bonds. The van der Waals surface area contributed by atoms with Gasteiger partial charge in [0, 0.05) is 24.2 Å². The van der Waals surface area contributed by atoms with Gasteiger partial charge in [0.1, 0.15) is 5.69 Å². The lowest BCUT2D eigenvalue weighted by Gasteiger charge is -2.14. The summed E-state index contributed by atoms with van der Waals surface area (Å²) in [7, 11) is 0. The molecule has 4 rings (SSSR count). The Kier molecular flexibility index (Phi) is 5.79. The molecule has 2 heterocycles. The van der Waals surface area contributed by atoms with Crippen LogP contribution in [-0.2, 0) is 6.18 Å². The first-order chi connectivity index (χ1) is 14.4. The molecule has 0 unspecified atom stereocenters. The number of halogens is 3. The van der Waals surface area contributed by atoms with E-state index in [2.05, 4.69) is 20.5 Å². The SMILES string of the molecule is Nc1cc(-c2nnc(NCCCCCO)s2)nc2c(C(F)(F)F)cc(C3CC3)cc12. The summed E-state index contributed by atoms with van der Waals surface area (Å²) < 4.78 is 41.2. The Bertz CT molecular complexity index is 1050. The van der Waals surface area contributed by atoms with Crippen LogP contribution in [-0.4, -0.2) is 33.4 Å². The van der Waals surface area contributed by atoms with Crippen LogP contribution in [0.5, 0.6) is 0 Å². The van der Waals surface area contributed by atoms with Crippen molar-refractivity contribution in [1.29, 1.82) is 0 Å².